The van der Waals surface area contributed by atoms with Crippen LogP contribution in [0.25, 0.3) is 27.8 Å². The number of aromatic amines is 1. The molecule has 0 saturated heterocycles. The zero-order valence-corrected chi connectivity index (χ0v) is 19.6. The first-order valence-electron chi connectivity index (χ1n) is 11.1. The first kappa shape index (κ1) is 22.0. The maximum atomic E-state index is 11.8. The van der Waals surface area contributed by atoms with Gasteiger partial charge in [-0.2, -0.15) is 0 Å². The number of pyridine rings is 2. The molecule has 1 aromatic carbocycles. The highest BCUT2D eigenvalue weighted by Crippen LogP contribution is 2.34. The Labute approximate surface area is 201 Å². The Hall–Kier alpha value is -3.84. The molecule has 7 nitrogen and oxygen atoms in total. The summed E-state index contributed by atoms with van der Waals surface area (Å²) in [5.74, 6) is 1.01. The van der Waals surface area contributed by atoms with Crippen LogP contribution in [0.4, 0.5) is 0 Å². The number of hydrogen-bond donors (Lipinski definition) is 1. The summed E-state index contributed by atoms with van der Waals surface area (Å²) >= 11 is 6.06. The van der Waals surface area contributed by atoms with Crippen LogP contribution in [0.15, 0.2) is 76.6 Å². The molecule has 172 valence electrons. The Morgan fingerprint density at radius 2 is 1.85 bits per heavy atom. The molecule has 1 aliphatic rings. The van der Waals surface area contributed by atoms with Crippen molar-refractivity contribution in [3.05, 3.63) is 93.6 Å². The van der Waals surface area contributed by atoms with Crippen molar-refractivity contribution in [1.82, 2.24) is 14.5 Å². The summed E-state index contributed by atoms with van der Waals surface area (Å²) in [7, 11) is 0. The van der Waals surface area contributed by atoms with Gasteiger partial charge in [0, 0.05) is 29.4 Å². The molecule has 3 aromatic heterocycles. The topological polar surface area (TPSA) is 81.5 Å². The molecule has 4 aromatic rings. The summed E-state index contributed by atoms with van der Waals surface area (Å²) in [4.78, 5) is 23.8. The van der Waals surface area contributed by atoms with E-state index in [1.54, 1.807) is 24.5 Å². The van der Waals surface area contributed by atoms with E-state index in [-0.39, 0.29) is 5.56 Å². The molecule has 1 N–H and O–H groups in total. The molecule has 0 aliphatic carbocycles. The van der Waals surface area contributed by atoms with Gasteiger partial charge in [0.1, 0.15) is 0 Å². The fourth-order valence-electron chi connectivity index (χ4n) is 4.10. The lowest BCUT2D eigenvalue weighted by Crippen LogP contribution is -2.13. The monoisotopic (exact) mass is 474 g/mol. The standard InChI is InChI=1S/C26H23ClN4O3/c1-3-33-25-23-12-18-11-16(17-9-10-28-24(32)13-17)5-8-22(18)31(23)15-21(30-26(25)34-4-2)20-7-6-19(27)14-29-20/h5-14H,3-4,15H2,1-2H3,(H,28,32). The van der Waals surface area contributed by atoms with Crippen molar-refractivity contribution in [3.63, 3.8) is 0 Å². The molecule has 1 aliphatic heterocycles. The summed E-state index contributed by atoms with van der Waals surface area (Å²) < 4.78 is 14.1. The SMILES string of the molecule is CCOC1=C(OCC)c2cc3cc(-c4cc[nH]c(=O)c4)ccc3n2CC(c2ccc(Cl)cn2)=N1. The minimum absolute atomic E-state index is 0.135. The lowest BCUT2D eigenvalue weighted by atomic mass is 10.1. The average Bonchev–Trinajstić information content (AvgIpc) is 3.12. The number of nitrogens with zero attached hydrogens (tertiary/aromatic N) is 3. The molecule has 0 atom stereocenters. The number of H-pyrrole nitrogens is 1. The van der Waals surface area contributed by atoms with Crippen molar-refractivity contribution < 1.29 is 9.47 Å². The second-order valence-electron chi connectivity index (χ2n) is 7.75. The number of benzene rings is 1. The molecule has 0 fully saturated rings. The molecular weight excluding hydrogens is 452 g/mol. The van der Waals surface area contributed by atoms with Crippen LogP contribution in [0.3, 0.4) is 0 Å². The average molecular weight is 475 g/mol. The molecule has 34 heavy (non-hydrogen) atoms. The van der Waals surface area contributed by atoms with Crippen molar-refractivity contribution in [3.8, 4) is 11.1 Å². The number of hydrogen-bond acceptors (Lipinski definition) is 5. The third-order valence-corrected chi connectivity index (χ3v) is 5.80. The van der Waals surface area contributed by atoms with Crippen molar-refractivity contribution in [2.45, 2.75) is 20.4 Å². The van der Waals surface area contributed by atoms with Crippen molar-refractivity contribution in [1.29, 1.82) is 0 Å². The van der Waals surface area contributed by atoms with Crippen LogP contribution in [-0.4, -0.2) is 33.5 Å². The van der Waals surface area contributed by atoms with E-state index < -0.39 is 0 Å². The number of rotatable bonds is 6. The smallest absolute Gasteiger partial charge is 0.259 e. The van der Waals surface area contributed by atoms with Gasteiger partial charge in [-0.3, -0.25) is 9.78 Å². The zero-order chi connectivity index (χ0) is 23.7. The maximum Gasteiger partial charge on any atom is 0.259 e. The molecule has 4 heterocycles. The lowest BCUT2D eigenvalue weighted by molar-refractivity contribution is 0.204. The maximum absolute atomic E-state index is 11.8. The molecule has 0 radical (unpaired) electrons. The quantitative estimate of drug-likeness (QED) is 0.414. The van der Waals surface area contributed by atoms with Crippen LogP contribution in [0.5, 0.6) is 0 Å². The van der Waals surface area contributed by atoms with Gasteiger partial charge in [-0.25, -0.2) is 4.99 Å². The minimum Gasteiger partial charge on any atom is -0.487 e. The Morgan fingerprint density at radius 1 is 1.03 bits per heavy atom. The molecule has 0 amide bonds. The van der Waals surface area contributed by atoms with Crippen molar-refractivity contribution in [2.24, 2.45) is 4.99 Å². The van der Waals surface area contributed by atoms with Crippen LogP contribution >= 0.6 is 11.6 Å². The predicted octanol–water partition coefficient (Wildman–Crippen LogP) is 5.25. The largest absolute Gasteiger partial charge is 0.487 e. The van der Waals surface area contributed by atoms with E-state index in [2.05, 4.69) is 32.7 Å². The summed E-state index contributed by atoms with van der Waals surface area (Å²) in [6, 6.07) is 15.4. The summed E-state index contributed by atoms with van der Waals surface area (Å²) in [5, 5.41) is 1.58. The van der Waals surface area contributed by atoms with Crippen LogP contribution < -0.4 is 5.56 Å². The van der Waals surface area contributed by atoms with E-state index in [4.69, 9.17) is 26.1 Å². The number of fused-ring (bicyclic) bond motifs is 3. The van der Waals surface area contributed by atoms with E-state index in [1.807, 2.05) is 32.0 Å². The van der Waals surface area contributed by atoms with Gasteiger partial charge in [0.15, 0.2) is 0 Å². The molecule has 8 heteroatoms. The van der Waals surface area contributed by atoms with Crippen LogP contribution in [-0.2, 0) is 16.0 Å². The summed E-state index contributed by atoms with van der Waals surface area (Å²) in [5.41, 5.74) is 5.02. The Bertz CT molecular complexity index is 1480. The van der Waals surface area contributed by atoms with E-state index in [1.165, 1.54) is 0 Å². The van der Waals surface area contributed by atoms with Crippen LogP contribution in [0, 0.1) is 0 Å². The number of aliphatic imine (C=N–C) groups is 1. The first-order valence-corrected chi connectivity index (χ1v) is 11.5. The highest BCUT2D eigenvalue weighted by Gasteiger charge is 2.25. The van der Waals surface area contributed by atoms with Crippen LogP contribution in [0.1, 0.15) is 25.2 Å². The first-order chi connectivity index (χ1) is 16.6. The third kappa shape index (κ3) is 4.10. The lowest BCUT2D eigenvalue weighted by Gasteiger charge is -2.12. The number of aromatic nitrogens is 3. The van der Waals surface area contributed by atoms with Crippen molar-refractivity contribution in [2.75, 3.05) is 13.2 Å². The van der Waals surface area contributed by atoms with Gasteiger partial charge in [-0.15, -0.1) is 0 Å². The van der Waals surface area contributed by atoms with E-state index in [0.29, 0.717) is 42.1 Å². The van der Waals surface area contributed by atoms with Gasteiger partial charge < -0.3 is 19.0 Å². The van der Waals surface area contributed by atoms with Gasteiger partial charge in [-0.05, 0) is 61.4 Å². The Morgan fingerprint density at radius 3 is 2.59 bits per heavy atom. The number of nitrogens with one attached hydrogen (secondary N) is 1. The van der Waals surface area contributed by atoms with Crippen LogP contribution in [0.2, 0.25) is 5.02 Å². The minimum atomic E-state index is -0.135. The van der Waals surface area contributed by atoms with Gasteiger partial charge in [-0.1, -0.05) is 17.7 Å². The Kier molecular flexibility index (Phi) is 5.94. The van der Waals surface area contributed by atoms with Crippen molar-refractivity contribution >= 4 is 34.0 Å². The highest BCUT2D eigenvalue weighted by atomic mass is 35.5. The third-order valence-electron chi connectivity index (χ3n) is 5.57. The fourth-order valence-corrected chi connectivity index (χ4v) is 4.21. The second-order valence-corrected chi connectivity index (χ2v) is 8.19. The van der Waals surface area contributed by atoms with E-state index in [0.717, 1.165) is 33.4 Å². The van der Waals surface area contributed by atoms with E-state index in [9.17, 15) is 4.79 Å². The molecule has 0 unspecified atom stereocenters. The molecule has 0 spiro atoms. The summed E-state index contributed by atoms with van der Waals surface area (Å²) in [6.45, 7) is 5.25. The molecule has 5 rings (SSSR count). The molecule has 0 bridgehead atoms. The number of ether oxygens (including phenoxy) is 2. The van der Waals surface area contributed by atoms with E-state index >= 15 is 0 Å². The predicted molar refractivity (Wildman–Crippen MR) is 134 cm³/mol. The molecule has 0 saturated carbocycles. The Balaban J connectivity index is 1.70. The van der Waals surface area contributed by atoms with Gasteiger partial charge in [0.2, 0.25) is 11.3 Å². The second kappa shape index (κ2) is 9.19. The zero-order valence-electron chi connectivity index (χ0n) is 18.8. The van der Waals surface area contributed by atoms with Gasteiger partial charge >= 0.3 is 0 Å². The fraction of sp³-hybridized carbons (Fsp3) is 0.192. The normalized spacial score (nSPS) is 13.4. The highest BCUT2D eigenvalue weighted by molar-refractivity contribution is 6.30. The summed E-state index contributed by atoms with van der Waals surface area (Å²) in [6.07, 6.45) is 3.27. The molecular formula is C26H23ClN4O3. The number of halogens is 1. The van der Waals surface area contributed by atoms with Gasteiger partial charge in [0.05, 0.1) is 41.9 Å². The van der Waals surface area contributed by atoms with Gasteiger partial charge in [0.25, 0.3) is 5.88 Å².